The molecule has 0 heterocycles. The Kier molecular flexibility index (Phi) is 3.47. The lowest BCUT2D eigenvalue weighted by atomic mass is 9.95. The van der Waals surface area contributed by atoms with Gasteiger partial charge in [0.15, 0.2) is 0 Å². The topological polar surface area (TPSA) is 0 Å². The van der Waals surface area contributed by atoms with E-state index in [9.17, 15) is 0 Å². The summed E-state index contributed by atoms with van der Waals surface area (Å²) in [5, 5.41) is 2.69. The minimum Gasteiger partial charge on any atom is -0.0619 e. The van der Waals surface area contributed by atoms with Gasteiger partial charge in [0.05, 0.1) is 0 Å². The van der Waals surface area contributed by atoms with Crippen LogP contribution in [0.1, 0.15) is 44.5 Å². The van der Waals surface area contributed by atoms with Gasteiger partial charge in [-0.15, -0.1) is 0 Å². The van der Waals surface area contributed by atoms with Crippen LogP contribution in [0.3, 0.4) is 0 Å². The number of fused-ring (bicyclic) bond motifs is 14. The molecule has 0 unspecified atom stereocenters. The van der Waals surface area contributed by atoms with Gasteiger partial charge < -0.3 is 0 Å². The van der Waals surface area contributed by atoms with Crippen LogP contribution < -0.4 is 0 Å². The smallest absolute Gasteiger partial charge is 0.00102 e. The van der Waals surface area contributed by atoms with E-state index in [2.05, 4.69) is 97.1 Å². The van der Waals surface area contributed by atoms with E-state index in [4.69, 9.17) is 0 Å². The van der Waals surface area contributed by atoms with Crippen molar-refractivity contribution in [2.45, 2.75) is 25.7 Å². The molecular formula is C38H24. The molecule has 0 heteroatoms. The first-order valence-electron chi connectivity index (χ1n) is 13.9. The second-order valence-electron chi connectivity index (χ2n) is 11.7. The van der Waals surface area contributed by atoms with Gasteiger partial charge in [-0.25, -0.2) is 0 Å². The zero-order chi connectivity index (χ0) is 24.5. The molecule has 0 amide bonds. The van der Waals surface area contributed by atoms with E-state index >= 15 is 0 Å². The van der Waals surface area contributed by atoms with Gasteiger partial charge in [0.2, 0.25) is 0 Å². The van der Waals surface area contributed by atoms with Crippen LogP contribution in [-0.2, 0) is 25.7 Å². The monoisotopic (exact) mass is 480 g/mol. The summed E-state index contributed by atoms with van der Waals surface area (Å²) >= 11 is 0. The molecule has 0 fully saturated rings. The van der Waals surface area contributed by atoms with Crippen molar-refractivity contribution in [3.63, 3.8) is 0 Å². The molecule has 0 spiro atoms. The van der Waals surface area contributed by atoms with Crippen molar-refractivity contribution in [3.8, 4) is 44.5 Å². The van der Waals surface area contributed by atoms with E-state index in [0.29, 0.717) is 0 Å². The van der Waals surface area contributed by atoms with Crippen LogP contribution in [0.2, 0.25) is 0 Å². The molecule has 4 aliphatic carbocycles. The molecule has 38 heavy (non-hydrogen) atoms. The first-order valence-corrected chi connectivity index (χ1v) is 13.9. The number of benzene rings is 6. The molecule has 0 aromatic heterocycles. The standard InChI is InChI=1S/C38H24/c1-2-6-22-14-33-24(11-21(22)5-1)19-37-30(33)9-10-31-34-16-27-13-26-15-32-25(12-23-7-3-4-8-29(23)32)17-35(26)36(27)18-28(34)20-38(31)37/h1-11,14-18H,12-13,19-20H2. The molecule has 0 N–H and O–H groups in total. The maximum Gasteiger partial charge on any atom is -0.00102 e. The number of hydrogen-bond donors (Lipinski definition) is 0. The summed E-state index contributed by atoms with van der Waals surface area (Å²) < 4.78 is 0. The predicted octanol–water partition coefficient (Wildman–Crippen LogP) is 9.12. The summed E-state index contributed by atoms with van der Waals surface area (Å²) in [6, 6.07) is 37.4. The molecule has 0 saturated heterocycles. The fraction of sp³-hybridized carbons (Fsp3) is 0.105. The van der Waals surface area contributed by atoms with Gasteiger partial charge in [-0.1, -0.05) is 66.7 Å². The molecule has 0 bridgehead atoms. The maximum absolute atomic E-state index is 2.54. The van der Waals surface area contributed by atoms with Crippen molar-refractivity contribution in [1.82, 2.24) is 0 Å². The van der Waals surface area contributed by atoms with Gasteiger partial charge in [-0.3, -0.25) is 0 Å². The van der Waals surface area contributed by atoms with Crippen LogP contribution in [0.15, 0.2) is 97.1 Å². The highest BCUT2D eigenvalue weighted by Crippen LogP contribution is 2.51. The Morgan fingerprint density at radius 2 is 0.737 bits per heavy atom. The molecule has 0 nitrogen and oxygen atoms in total. The van der Waals surface area contributed by atoms with E-state index in [0.717, 1.165) is 25.7 Å². The van der Waals surface area contributed by atoms with Gasteiger partial charge >= 0.3 is 0 Å². The third-order valence-corrected chi connectivity index (χ3v) is 9.74. The minimum absolute atomic E-state index is 1.05. The largest absolute Gasteiger partial charge is 0.0619 e. The normalized spacial score (nSPS) is 14.4. The second-order valence-corrected chi connectivity index (χ2v) is 11.7. The van der Waals surface area contributed by atoms with Crippen molar-refractivity contribution in [1.29, 1.82) is 0 Å². The highest BCUT2D eigenvalue weighted by atomic mass is 14.3. The van der Waals surface area contributed by atoms with E-state index in [1.807, 2.05) is 0 Å². The molecule has 4 aliphatic rings. The van der Waals surface area contributed by atoms with Gasteiger partial charge in [0.25, 0.3) is 0 Å². The highest BCUT2D eigenvalue weighted by molar-refractivity contribution is 5.95. The molecule has 0 atom stereocenters. The van der Waals surface area contributed by atoms with Crippen LogP contribution in [0, 0.1) is 0 Å². The Morgan fingerprint density at radius 1 is 0.289 bits per heavy atom. The molecule has 10 rings (SSSR count). The Hall–Kier alpha value is -4.42. The van der Waals surface area contributed by atoms with Crippen molar-refractivity contribution < 1.29 is 0 Å². The third-order valence-electron chi connectivity index (χ3n) is 9.74. The highest BCUT2D eigenvalue weighted by Gasteiger charge is 2.31. The molecule has 6 aromatic rings. The number of hydrogen-bond acceptors (Lipinski definition) is 0. The summed E-state index contributed by atoms with van der Waals surface area (Å²) in [6.07, 6.45) is 4.22. The van der Waals surface area contributed by atoms with Gasteiger partial charge in [-0.2, -0.15) is 0 Å². The van der Waals surface area contributed by atoms with E-state index in [1.165, 1.54) is 88.7 Å². The lowest BCUT2D eigenvalue weighted by Crippen LogP contribution is -1.91. The van der Waals surface area contributed by atoms with Crippen molar-refractivity contribution >= 4 is 10.8 Å². The SMILES string of the molecule is c1ccc2c(c1)Cc1cc3c(cc1-2)Cc1cc2c(cc1-3)Cc1c-2ccc2c1Cc1cc3ccccc3cc1-2. The Morgan fingerprint density at radius 3 is 1.42 bits per heavy atom. The third kappa shape index (κ3) is 2.42. The minimum atomic E-state index is 1.05. The first kappa shape index (κ1) is 19.7. The zero-order valence-corrected chi connectivity index (χ0v) is 21.1. The molecule has 6 aromatic carbocycles. The summed E-state index contributed by atoms with van der Waals surface area (Å²) in [6.45, 7) is 0. The summed E-state index contributed by atoms with van der Waals surface area (Å²) in [4.78, 5) is 0. The lowest BCUT2D eigenvalue weighted by Gasteiger charge is -2.09. The van der Waals surface area contributed by atoms with Gasteiger partial charge in [-0.05, 0) is 156 Å². The Labute approximate surface area is 222 Å². The first-order chi connectivity index (χ1) is 18.8. The van der Waals surface area contributed by atoms with Crippen LogP contribution >= 0.6 is 0 Å². The van der Waals surface area contributed by atoms with Crippen LogP contribution in [0.5, 0.6) is 0 Å². The van der Waals surface area contributed by atoms with E-state index in [1.54, 1.807) is 11.1 Å². The summed E-state index contributed by atoms with van der Waals surface area (Å²) in [5.41, 5.74) is 23.7. The summed E-state index contributed by atoms with van der Waals surface area (Å²) in [7, 11) is 0. The average molecular weight is 481 g/mol. The Balaban J connectivity index is 1.08. The second kappa shape index (κ2) is 6.71. The fourth-order valence-corrected chi connectivity index (χ4v) is 7.98. The quantitative estimate of drug-likeness (QED) is 0.203. The lowest BCUT2D eigenvalue weighted by molar-refractivity contribution is 1.16. The Bertz CT molecular complexity index is 2070. The molecule has 0 radical (unpaired) electrons. The maximum atomic E-state index is 2.54. The van der Waals surface area contributed by atoms with Crippen molar-refractivity contribution in [2.24, 2.45) is 0 Å². The van der Waals surface area contributed by atoms with E-state index in [-0.39, 0.29) is 0 Å². The fourth-order valence-electron chi connectivity index (χ4n) is 7.98. The summed E-state index contributed by atoms with van der Waals surface area (Å²) in [5.74, 6) is 0. The van der Waals surface area contributed by atoms with Crippen molar-refractivity contribution in [3.05, 3.63) is 142 Å². The molecular weight excluding hydrogens is 456 g/mol. The van der Waals surface area contributed by atoms with Crippen LogP contribution in [0.25, 0.3) is 55.3 Å². The van der Waals surface area contributed by atoms with Crippen LogP contribution in [-0.4, -0.2) is 0 Å². The van der Waals surface area contributed by atoms with Crippen molar-refractivity contribution in [2.75, 3.05) is 0 Å². The van der Waals surface area contributed by atoms with Gasteiger partial charge in [0, 0.05) is 0 Å². The molecule has 0 aliphatic heterocycles. The number of rotatable bonds is 0. The zero-order valence-electron chi connectivity index (χ0n) is 21.1. The van der Waals surface area contributed by atoms with E-state index < -0.39 is 0 Å². The molecule has 176 valence electrons. The predicted molar refractivity (Wildman–Crippen MR) is 157 cm³/mol. The average Bonchev–Trinajstić information content (AvgIpc) is 3.68. The molecule has 0 saturated carbocycles. The van der Waals surface area contributed by atoms with Crippen LogP contribution in [0.4, 0.5) is 0 Å². The van der Waals surface area contributed by atoms with Gasteiger partial charge in [0.1, 0.15) is 0 Å².